The van der Waals surface area contributed by atoms with Gasteiger partial charge in [0.2, 0.25) is 0 Å². The Morgan fingerprint density at radius 1 is 0.571 bits per heavy atom. The number of benzene rings is 1. The van der Waals surface area contributed by atoms with Crippen LogP contribution < -0.4 is 10.0 Å². The number of hydrogen-bond donors (Lipinski definition) is 1. The molecule has 0 saturated heterocycles. The van der Waals surface area contributed by atoms with Crippen LogP contribution in [0.1, 0.15) is 152 Å². The first-order chi connectivity index (χ1) is 17.0. The summed E-state index contributed by atoms with van der Waals surface area (Å²) in [5.41, 5.74) is 1.27. The van der Waals surface area contributed by atoms with Crippen molar-refractivity contribution in [3.05, 3.63) is 35.4 Å². The summed E-state index contributed by atoms with van der Waals surface area (Å²) in [6.45, 7) is 13.2. The Morgan fingerprint density at radius 2 is 0.886 bits per heavy atom. The Labute approximate surface area is 219 Å². The second-order valence-corrected chi connectivity index (χ2v) is 10.5. The Balaban J connectivity index is 0.000000952. The highest BCUT2D eigenvalue weighted by Crippen LogP contribution is 2.06. The van der Waals surface area contributed by atoms with E-state index in [0.29, 0.717) is 0 Å². The van der Waals surface area contributed by atoms with Crippen LogP contribution in [0.5, 0.6) is 0 Å². The summed E-state index contributed by atoms with van der Waals surface area (Å²) in [7, 11) is 0. The molecule has 1 N–H and O–H groups in total. The van der Waals surface area contributed by atoms with Gasteiger partial charge in [-0.2, -0.15) is 0 Å². The van der Waals surface area contributed by atoms with Crippen molar-refractivity contribution in [2.24, 2.45) is 0 Å². The summed E-state index contributed by atoms with van der Waals surface area (Å²) in [6, 6.07) is 6.55. The van der Waals surface area contributed by atoms with E-state index in [9.17, 15) is 9.90 Å². The second kappa shape index (κ2) is 25.7. The topological polar surface area (TPSA) is 44.6 Å². The van der Waals surface area contributed by atoms with Gasteiger partial charge in [-0.05, 0) is 51.0 Å². The smallest absolute Gasteiger partial charge is 0.0770 e. The summed E-state index contributed by atoms with van der Waals surface area (Å²) in [5.74, 6) is -1.12. The number of carbonyl (C=O) groups excluding carboxylic acids is 1. The molecule has 0 aromatic heterocycles. The lowest BCUT2D eigenvalue weighted by Crippen LogP contribution is -3.12. The van der Waals surface area contributed by atoms with Gasteiger partial charge in [0, 0.05) is 0 Å². The molecule has 1 aromatic carbocycles. The average molecular weight is 490 g/mol. The molecule has 0 saturated carbocycles. The Morgan fingerprint density at radius 3 is 1.20 bits per heavy atom. The first kappa shape index (κ1) is 33.7. The monoisotopic (exact) mass is 489 g/mol. The van der Waals surface area contributed by atoms with Crippen LogP contribution in [-0.4, -0.2) is 25.6 Å². The number of hydrogen-bond acceptors (Lipinski definition) is 2. The van der Waals surface area contributed by atoms with E-state index in [4.69, 9.17) is 0 Å². The standard InChI is InChI=1S/C24H51N.C8H8O2/c1-4-7-10-13-16-19-22-25(23-20-17-14-11-8-5-2)24-21-18-15-12-9-6-3;1-6-2-4-7(5-3-6)8(9)10/h4-24H2,1-3H3;2-5H,1H3,(H,9,10). The third-order valence-corrected chi connectivity index (χ3v) is 6.94. The molecule has 0 aliphatic rings. The van der Waals surface area contributed by atoms with E-state index in [1.165, 1.54) is 147 Å². The van der Waals surface area contributed by atoms with Crippen molar-refractivity contribution in [3.63, 3.8) is 0 Å². The highest BCUT2D eigenvalue weighted by atomic mass is 16.4. The summed E-state index contributed by atoms with van der Waals surface area (Å²) in [6.07, 6.45) is 26.0. The minimum atomic E-state index is -1.12. The first-order valence-electron chi connectivity index (χ1n) is 15.2. The fourth-order valence-corrected chi connectivity index (χ4v) is 4.53. The van der Waals surface area contributed by atoms with Gasteiger partial charge in [0.05, 0.1) is 25.6 Å². The van der Waals surface area contributed by atoms with Gasteiger partial charge in [0.25, 0.3) is 0 Å². The molecule has 0 aliphatic heterocycles. The Hall–Kier alpha value is -1.35. The summed E-state index contributed by atoms with van der Waals surface area (Å²) >= 11 is 0. The van der Waals surface area contributed by atoms with Gasteiger partial charge in [-0.25, -0.2) is 0 Å². The van der Waals surface area contributed by atoms with E-state index in [1.807, 2.05) is 11.8 Å². The van der Waals surface area contributed by atoms with Crippen LogP contribution in [0.25, 0.3) is 0 Å². The van der Waals surface area contributed by atoms with E-state index in [1.54, 1.807) is 12.1 Å². The van der Waals surface area contributed by atoms with Crippen LogP contribution in [0.15, 0.2) is 24.3 Å². The molecule has 0 bridgehead atoms. The summed E-state index contributed by atoms with van der Waals surface area (Å²) in [4.78, 5) is 12.1. The zero-order valence-electron chi connectivity index (χ0n) is 24.0. The van der Waals surface area contributed by atoms with Gasteiger partial charge in [-0.1, -0.05) is 128 Å². The largest absolute Gasteiger partial charge is 0.545 e. The van der Waals surface area contributed by atoms with Crippen LogP contribution in [0.3, 0.4) is 0 Å². The normalized spacial score (nSPS) is 10.9. The highest BCUT2D eigenvalue weighted by molar-refractivity contribution is 5.85. The molecule has 0 amide bonds. The molecule has 0 atom stereocenters. The van der Waals surface area contributed by atoms with Crippen molar-refractivity contribution in [2.45, 2.75) is 143 Å². The molecule has 0 unspecified atom stereocenters. The second-order valence-electron chi connectivity index (χ2n) is 10.5. The predicted molar refractivity (Wildman–Crippen MR) is 151 cm³/mol. The first-order valence-corrected chi connectivity index (χ1v) is 15.2. The molecule has 0 heterocycles. The van der Waals surface area contributed by atoms with E-state index < -0.39 is 5.97 Å². The quantitative estimate of drug-likeness (QED) is 0.174. The molecule has 1 rings (SSSR count). The van der Waals surface area contributed by atoms with E-state index in [-0.39, 0.29) is 5.56 Å². The highest BCUT2D eigenvalue weighted by Gasteiger charge is 2.08. The zero-order valence-corrected chi connectivity index (χ0v) is 24.0. The molecule has 0 fully saturated rings. The van der Waals surface area contributed by atoms with Crippen LogP contribution in [0.2, 0.25) is 0 Å². The van der Waals surface area contributed by atoms with Gasteiger partial charge in [0.15, 0.2) is 0 Å². The maximum atomic E-state index is 10.2. The van der Waals surface area contributed by atoms with Gasteiger partial charge in [0.1, 0.15) is 0 Å². The van der Waals surface area contributed by atoms with Crippen LogP contribution >= 0.6 is 0 Å². The van der Waals surface area contributed by atoms with Crippen molar-refractivity contribution in [1.82, 2.24) is 0 Å². The summed E-state index contributed by atoms with van der Waals surface area (Å²) in [5, 5.41) is 10.2. The number of aromatic carboxylic acids is 1. The number of carboxylic acids is 1. The van der Waals surface area contributed by atoms with Crippen molar-refractivity contribution in [1.29, 1.82) is 0 Å². The predicted octanol–water partition coefficient (Wildman–Crippen LogP) is 7.31. The van der Waals surface area contributed by atoms with Crippen molar-refractivity contribution in [3.8, 4) is 0 Å². The molecule has 204 valence electrons. The Kier molecular flexibility index (Phi) is 24.7. The maximum absolute atomic E-state index is 10.2. The molecular weight excluding hydrogens is 430 g/mol. The number of aryl methyl sites for hydroxylation is 1. The lowest BCUT2D eigenvalue weighted by atomic mass is 10.1. The lowest BCUT2D eigenvalue weighted by Gasteiger charge is -2.20. The Bertz CT molecular complexity index is 531. The SMILES string of the molecule is CCCCCCCC[NH+](CCCCCCCC)CCCCCCCC.Cc1ccc(C(=O)[O-])cc1. The van der Waals surface area contributed by atoms with Gasteiger partial charge in [-0.15, -0.1) is 0 Å². The molecule has 3 heteroatoms. The third-order valence-electron chi connectivity index (χ3n) is 6.94. The molecule has 3 nitrogen and oxygen atoms in total. The maximum Gasteiger partial charge on any atom is 0.0770 e. The number of rotatable bonds is 22. The zero-order chi connectivity index (χ0) is 26.0. The molecule has 1 aromatic rings. The molecule has 35 heavy (non-hydrogen) atoms. The third kappa shape index (κ3) is 22.8. The van der Waals surface area contributed by atoms with Gasteiger partial charge < -0.3 is 14.8 Å². The van der Waals surface area contributed by atoms with Crippen molar-refractivity contribution in [2.75, 3.05) is 19.6 Å². The van der Waals surface area contributed by atoms with E-state index >= 15 is 0 Å². The summed E-state index contributed by atoms with van der Waals surface area (Å²) < 4.78 is 0. The van der Waals surface area contributed by atoms with E-state index in [0.717, 1.165) is 5.56 Å². The van der Waals surface area contributed by atoms with Crippen LogP contribution in [0.4, 0.5) is 0 Å². The minimum Gasteiger partial charge on any atom is -0.545 e. The molecular formula is C32H59NO2. The average Bonchev–Trinajstić information content (AvgIpc) is 2.85. The number of unbranched alkanes of at least 4 members (excludes halogenated alkanes) is 15. The minimum absolute atomic E-state index is 0.227. The molecule has 0 radical (unpaired) electrons. The van der Waals surface area contributed by atoms with Gasteiger partial charge >= 0.3 is 0 Å². The van der Waals surface area contributed by atoms with Crippen LogP contribution in [0, 0.1) is 6.92 Å². The number of quaternary nitrogens is 1. The number of nitrogens with one attached hydrogen (secondary N) is 1. The number of carboxylic acid groups (broad SMARTS) is 1. The van der Waals surface area contributed by atoms with Crippen LogP contribution in [-0.2, 0) is 0 Å². The van der Waals surface area contributed by atoms with E-state index in [2.05, 4.69) is 20.8 Å². The molecule has 0 aliphatic carbocycles. The fraction of sp³-hybridized carbons (Fsp3) is 0.781. The fourth-order valence-electron chi connectivity index (χ4n) is 4.53. The van der Waals surface area contributed by atoms with Crippen molar-refractivity contribution < 1.29 is 14.8 Å². The van der Waals surface area contributed by atoms with Gasteiger partial charge in [-0.3, -0.25) is 0 Å². The van der Waals surface area contributed by atoms with Crippen molar-refractivity contribution >= 4 is 5.97 Å². The number of carbonyl (C=O) groups is 1. The lowest BCUT2D eigenvalue weighted by molar-refractivity contribution is -0.900. The molecule has 0 spiro atoms.